The molecule has 0 aromatic heterocycles. The van der Waals surface area contributed by atoms with Gasteiger partial charge in [-0.2, -0.15) is 0 Å². The fourth-order valence-corrected chi connectivity index (χ4v) is 6.66. The highest BCUT2D eigenvalue weighted by atomic mass is 16.7. The van der Waals surface area contributed by atoms with Gasteiger partial charge in [-0.3, -0.25) is 4.79 Å². The van der Waals surface area contributed by atoms with Crippen LogP contribution in [0.15, 0.2) is 78.9 Å². The van der Waals surface area contributed by atoms with Gasteiger partial charge in [0.2, 0.25) is 5.91 Å². The molecule has 3 heterocycles. The van der Waals surface area contributed by atoms with Crippen LogP contribution >= 0.6 is 0 Å². The Hall–Kier alpha value is -3.96. The Morgan fingerprint density at radius 3 is 2.31 bits per heavy atom. The van der Waals surface area contributed by atoms with Crippen molar-refractivity contribution in [3.63, 3.8) is 0 Å². The number of amides is 3. The lowest BCUT2D eigenvalue weighted by Crippen LogP contribution is -2.57. The number of carbonyl (C=O) groups excluding carboxylic acids is 2. The molecule has 3 aliphatic heterocycles. The number of aliphatic hydroxyl groups is 1. The highest BCUT2D eigenvalue weighted by Gasteiger charge is 2.50. The van der Waals surface area contributed by atoms with Crippen LogP contribution in [0.5, 0.6) is 0 Å². The van der Waals surface area contributed by atoms with E-state index in [0.29, 0.717) is 26.2 Å². The number of aliphatic hydroxyl groups excluding tert-OH is 1. The van der Waals surface area contributed by atoms with E-state index in [9.17, 15) is 14.7 Å². The minimum absolute atomic E-state index is 0.00233. The Morgan fingerprint density at radius 2 is 1.62 bits per heavy atom. The van der Waals surface area contributed by atoms with E-state index < -0.39 is 11.8 Å². The number of piperidine rings is 1. The average molecular weight is 614 g/mol. The summed E-state index contributed by atoms with van der Waals surface area (Å²) in [5, 5.41) is 18.2. The first-order chi connectivity index (χ1) is 22.0. The Morgan fingerprint density at radius 1 is 0.933 bits per heavy atom. The lowest BCUT2D eigenvalue weighted by atomic mass is 9.85. The van der Waals surface area contributed by atoms with E-state index in [2.05, 4.69) is 37.9 Å². The molecule has 10 heteroatoms. The van der Waals surface area contributed by atoms with Gasteiger partial charge >= 0.3 is 6.03 Å². The first-order valence-corrected chi connectivity index (χ1v) is 15.9. The van der Waals surface area contributed by atoms with E-state index >= 15 is 0 Å². The fraction of sp³-hybridized carbons (Fsp3) is 0.429. The zero-order valence-corrected chi connectivity index (χ0v) is 25.8. The summed E-state index contributed by atoms with van der Waals surface area (Å²) in [5.41, 5.74) is 4.35. The van der Waals surface area contributed by atoms with Gasteiger partial charge in [-0.25, -0.2) is 4.79 Å². The normalized spacial score (nSPS) is 23.1. The molecular formula is C35H43N5O5. The lowest BCUT2D eigenvalue weighted by Gasteiger charge is -2.45. The third-order valence-corrected chi connectivity index (χ3v) is 9.21. The van der Waals surface area contributed by atoms with Crippen LogP contribution in [0.25, 0.3) is 0 Å². The van der Waals surface area contributed by atoms with Crippen LogP contribution in [0.4, 0.5) is 10.5 Å². The molecule has 0 bridgehead atoms. The maximum atomic E-state index is 13.2. The summed E-state index contributed by atoms with van der Waals surface area (Å²) >= 11 is 0. The molecular weight excluding hydrogens is 570 g/mol. The summed E-state index contributed by atoms with van der Waals surface area (Å²) in [5.74, 6) is 0.115. The van der Waals surface area contributed by atoms with Crippen LogP contribution < -0.4 is 20.9 Å². The minimum atomic E-state index is -0.554. The predicted octanol–water partition coefficient (Wildman–Crippen LogP) is 3.97. The Labute approximate surface area is 264 Å². The van der Waals surface area contributed by atoms with Gasteiger partial charge in [-0.15, -0.1) is 0 Å². The highest BCUT2D eigenvalue weighted by molar-refractivity contribution is 5.93. The topological polar surface area (TPSA) is 115 Å². The number of hydrogen-bond acceptors (Lipinski definition) is 7. The molecule has 3 aromatic carbocycles. The van der Waals surface area contributed by atoms with Crippen molar-refractivity contribution in [3.8, 4) is 0 Å². The van der Waals surface area contributed by atoms with Crippen molar-refractivity contribution < 1.29 is 24.2 Å². The third kappa shape index (κ3) is 6.99. The second-order valence-corrected chi connectivity index (χ2v) is 12.1. The number of benzene rings is 3. The average Bonchev–Trinajstić information content (AvgIpc) is 3.40. The number of anilines is 1. The van der Waals surface area contributed by atoms with Gasteiger partial charge < -0.3 is 40.3 Å². The molecule has 45 heavy (non-hydrogen) atoms. The number of hydrogen-bond donors (Lipinski definition) is 4. The lowest BCUT2D eigenvalue weighted by molar-refractivity contribution is -0.253. The number of carbonyl (C=O) groups is 2. The van der Waals surface area contributed by atoms with Gasteiger partial charge in [0, 0.05) is 50.4 Å². The van der Waals surface area contributed by atoms with E-state index in [0.717, 1.165) is 60.4 Å². The van der Waals surface area contributed by atoms with Crippen molar-refractivity contribution >= 4 is 17.6 Å². The molecule has 0 radical (unpaired) electrons. The van der Waals surface area contributed by atoms with Gasteiger partial charge in [-0.1, -0.05) is 66.7 Å². The molecule has 0 aliphatic carbocycles. The molecule has 0 saturated carbocycles. The van der Waals surface area contributed by atoms with Crippen molar-refractivity contribution in [1.82, 2.24) is 20.9 Å². The van der Waals surface area contributed by atoms with Crippen molar-refractivity contribution in [2.75, 3.05) is 37.7 Å². The second-order valence-electron chi connectivity index (χ2n) is 12.1. The quantitative estimate of drug-likeness (QED) is 0.289. The molecule has 10 nitrogen and oxygen atoms in total. The predicted molar refractivity (Wildman–Crippen MR) is 171 cm³/mol. The molecule has 3 atom stereocenters. The second kappa shape index (κ2) is 14.0. The Kier molecular flexibility index (Phi) is 9.65. The third-order valence-electron chi connectivity index (χ3n) is 9.21. The van der Waals surface area contributed by atoms with Crippen molar-refractivity contribution in [2.24, 2.45) is 0 Å². The summed E-state index contributed by atoms with van der Waals surface area (Å²) in [6, 6.07) is 25.9. The SMILES string of the molecule is CCNC(=O)NCc1ccc(C2OC(CN3CCC4(CC3)C(=O)NCN4c3ccccc3)CC(c3ccc(CO)cc3)O2)cc1. The van der Waals surface area contributed by atoms with E-state index in [4.69, 9.17) is 9.47 Å². The number of para-hydroxylation sites is 1. The molecule has 3 aliphatic rings. The van der Waals surface area contributed by atoms with Crippen molar-refractivity contribution in [2.45, 2.75) is 63.4 Å². The fourth-order valence-electron chi connectivity index (χ4n) is 6.66. The molecule has 6 rings (SSSR count). The Bertz CT molecular complexity index is 1430. The standard InChI is InChI=1S/C35H43N5O5/c1-2-36-34(43)37-21-25-8-14-28(15-9-25)32-44-30(20-31(45-32)27-12-10-26(23-41)11-13-27)22-39-18-16-35(17-19-39)33(42)38-24-40(35)29-6-4-3-5-7-29/h3-15,30-32,41H,2,16-24H2,1H3,(H,38,42)(H2,36,37,43). The van der Waals surface area contributed by atoms with Crippen molar-refractivity contribution in [3.05, 3.63) is 101 Å². The number of nitrogens with zero attached hydrogens (tertiary/aromatic N) is 2. The van der Waals surface area contributed by atoms with Gasteiger partial charge in [0.1, 0.15) is 5.54 Å². The van der Waals surface area contributed by atoms with E-state index in [1.54, 1.807) is 0 Å². The van der Waals surface area contributed by atoms with Gasteiger partial charge in [0.15, 0.2) is 6.29 Å². The highest BCUT2D eigenvalue weighted by Crippen LogP contribution is 2.40. The number of ether oxygens (including phenoxy) is 2. The largest absolute Gasteiger partial charge is 0.392 e. The molecule has 1 spiro atoms. The summed E-state index contributed by atoms with van der Waals surface area (Å²) in [6.45, 7) is 5.75. The smallest absolute Gasteiger partial charge is 0.315 e. The van der Waals surface area contributed by atoms with Gasteiger partial charge in [-0.05, 0) is 48.6 Å². The summed E-state index contributed by atoms with van der Waals surface area (Å²) < 4.78 is 13.1. The first kappa shape index (κ1) is 31.0. The van der Waals surface area contributed by atoms with Crippen LogP contribution in [-0.4, -0.2) is 66.4 Å². The van der Waals surface area contributed by atoms with Crippen LogP contribution in [0.2, 0.25) is 0 Å². The molecule has 4 N–H and O–H groups in total. The first-order valence-electron chi connectivity index (χ1n) is 15.9. The number of likely N-dealkylation sites (tertiary alicyclic amines) is 1. The molecule has 3 saturated heterocycles. The van der Waals surface area contributed by atoms with Crippen LogP contribution in [-0.2, 0) is 27.4 Å². The molecule has 238 valence electrons. The van der Waals surface area contributed by atoms with Gasteiger partial charge in [0.25, 0.3) is 0 Å². The molecule has 3 amide bonds. The van der Waals surface area contributed by atoms with Gasteiger partial charge in [0.05, 0.1) is 25.5 Å². The summed E-state index contributed by atoms with van der Waals surface area (Å²) in [7, 11) is 0. The van der Waals surface area contributed by atoms with E-state index in [-0.39, 0.29) is 30.8 Å². The zero-order chi connectivity index (χ0) is 31.2. The van der Waals surface area contributed by atoms with Crippen LogP contribution in [0.1, 0.15) is 60.8 Å². The minimum Gasteiger partial charge on any atom is -0.392 e. The monoisotopic (exact) mass is 613 g/mol. The number of nitrogens with one attached hydrogen (secondary N) is 3. The number of urea groups is 1. The van der Waals surface area contributed by atoms with Crippen LogP contribution in [0.3, 0.4) is 0 Å². The van der Waals surface area contributed by atoms with Crippen LogP contribution in [0, 0.1) is 0 Å². The van der Waals surface area contributed by atoms with Crippen molar-refractivity contribution in [1.29, 1.82) is 0 Å². The zero-order valence-electron chi connectivity index (χ0n) is 25.8. The maximum absolute atomic E-state index is 13.2. The molecule has 3 fully saturated rings. The summed E-state index contributed by atoms with van der Waals surface area (Å²) in [6.07, 6.45) is 1.38. The maximum Gasteiger partial charge on any atom is 0.315 e. The molecule has 3 aromatic rings. The molecule has 3 unspecified atom stereocenters. The van der Waals surface area contributed by atoms with E-state index in [1.165, 1.54) is 0 Å². The Balaban J connectivity index is 1.14. The number of rotatable bonds is 9. The summed E-state index contributed by atoms with van der Waals surface area (Å²) in [4.78, 5) is 29.6. The van der Waals surface area contributed by atoms with E-state index in [1.807, 2.05) is 73.7 Å².